The Labute approximate surface area is 218 Å². The Balaban J connectivity index is 1.50. The minimum Gasteiger partial charge on any atom is -0.235 e. The molecular weight excluding hydrogens is 472 g/mol. The molecule has 0 spiro atoms. The molecule has 7 aromatic rings. The number of hydrogen-bond acceptors (Lipinski definition) is 5. The van der Waals surface area contributed by atoms with Crippen LogP contribution in [0.5, 0.6) is 0 Å². The van der Waals surface area contributed by atoms with Gasteiger partial charge in [-0.05, 0) is 11.5 Å². The number of aromatic nitrogens is 4. The standard InChI is InChI=1S/C32H20N4S/c1-4-11-22(12-5-1)29-34-30(23-13-6-2-7-14-23)36-31(35-29)25-18-10-17-21-19-20-26-28(27(21)25)33-32(37-26)24-15-8-3-9-16-24/h1-20H. The minimum atomic E-state index is 0.639. The van der Waals surface area contributed by atoms with Crippen LogP contribution in [0.2, 0.25) is 0 Å². The Bertz CT molecular complexity index is 1810. The molecule has 5 heteroatoms. The molecule has 0 N–H and O–H groups in total. The predicted molar refractivity (Wildman–Crippen MR) is 152 cm³/mol. The van der Waals surface area contributed by atoms with Crippen LogP contribution in [0.3, 0.4) is 0 Å². The summed E-state index contributed by atoms with van der Waals surface area (Å²) in [6.07, 6.45) is 0. The summed E-state index contributed by atoms with van der Waals surface area (Å²) in [6.45, 7) is 0. The van der Waals surface area contributed by atoms with Crippen molar-refractivity contribution in [2.75, 3.05) is 0 Å². The molecule has 5 aromatic carbocycles. The van der Waals surface area contributed by atoms with Gasteiger partial charge in [-0.15, -0.1) is 11.3 Å². The van der Waals surface area contributed by atoms with E-state index in [-0.39, 0.29) is 0 Å². The van der Waals surface area contributed by atoms with E-state index in [4.69, 9.17) is 19.9 Å². The Morgan fingerprint density at radius 3 is 1.62 bits per heavy atom. The summed E-state index contributed by atoms with van der Waals surface area (Å²) in [7, 11) is 0. The summed E-state index contributed by atoms with van der Waals surface area (Å²) < 4.78 is 1.14. The van der Waals surface area contributed by atoms with Crippen molar-refractivity contribution in [2.24, 2.45) is 0 Å². The maximum Gasteiger partial charge on any atom is 0.164 e. The first-order valence-electron chi connectivity index (χ1n) is 12.1. The number of thiazole rings is 1. The number of benzene rings is 5. The zero-order chi connectivity index (χ0) is 24.6. The van der Waals surface area contributed by atoms with Crippen molar-refractivity contribution in [3.63, 3.8) is 0 Å². The highest BCUT2D eigenvalue weighted by Crippen LogP contribution is 2.38. The van der Waals surface area contributed by atoms with E-state index in [0.29, 0.717) is 17.5 Å². The fourth-order valence-electron chi connectivity index (χ4n) is 4.58. The van der Waals surface area contributed by atoms with Crippen LogP contribution in [0, 0.1) is 0 Å². The van der Waals surface area contributed by atoms with E-state index in [1.165, 1.54) is 0 Å². The molecule has 0 bridgehead atoms. The van der Waals surface area contributed by atoms with E-state index in [1.54, 1.807) is 11.3 Å². The quantitative estimate of drug-likeness (QED) is 0.248. The lowest BCUT2D eigenvalue weighted by Gasteiger charge is -2.10. The number of nitrogens with zero attached hydrogens (tertiary/aromatic N) is 4. The van der Waals surface area contributed by atoms with Gasteiger partial charge in [-0.25, -0.2) is 19.9 Å². The fourth-order valence-corrected chi connectivity index (χ4v) is 5.56. The first-order valence-corrected chi connectivity index (χ1v) is 12.9. The largest absolute Gasteiger partial charge is 0.235 e. The molecule has 4 nitrogen and oxygen atoms in total. The van der Waals surface area contributed by atoms with Gasteiger partial charge in [0.15, 0.2) is 17.5 Å². The third-order valence-corrected chi connectivity index (χ3v) is 7.43. The van der Waals surface area contributed by atoms with Gasteiger partial charge in [0.1, 0.15) is 5.01 Å². The molecule has 0 atom stereocenters. The van der Waals surface area contributed by atoms with Crippen LogP contribution in [0.25, 0.3) is 65.7 Å². The molecule has 0 amide bonds. The average molecular weight is 493 g/mol. The van der Waals surface area contributed by atoms with Crippen LogP contribution < -0.4 is 0 Å². The lowest BCUT2D eigenvalue weighted by atomic mass is 10.0. The van der Waals surface area contributed by atoms with E-state index >= 15 is 0 Å². The van der Waals surface area contributed by atoms with Crippen LogP contribution in [-0.2, 0) is 0 Å². The Kier molecular flexibility index (Phi) is 5.26. The molecule has 0 saturated heterocycles. The van der Waals surface area contributed by atoms with Crippen molar-refractivity contribution in [3.8, 4) is 44.7 Å². The van der Waals surface area contributed by atoms with Gasteiger partial charge in [0.25, 0.3) is 0 Å². The zero-order valence-electron chi connectivity index (χ0n) is 19.7. The summed E-state index contributed by atoms with van der Waals surface area (Å²) in [5.74, 6) is 1.94. The molecular formula is C32H20N4S. The highest BCUT2D eigenvalue weighted by Gasteiger charge is 2.17. The molecule has 0 radical (unpaired) electrons. The molecule has 0 aliphatic carbocycles. The minimum absolute atomic E-state index is 0.639. The average Bonchev–Trinajstić information content (AvgIpc) is 3.43. The van der Waals surface area contributed by atoms with Gasteiger partial charge in [0, 0.05) is 27.6 Å². The van der Waals surface area contributed by atoms with Gasteiger partial charge in [-0.3, -0.25) is 0 Å². The van der Waals surface area contributed by atoms with Crippen molar-refractivity contribution in [1.82, 2.24) is 19.9 Å². The molecule has 0 aliphatic rings. The van der Waals surface area contributed by atoms with Gasteiger partial charge < -0.3 is 0 Å². The predicted octanol–water partition coefficient (Wildman–Crippen LogP) is 8.30. The summed E-state index contributed by atoms with van der Waals surface area (Å²) in [4.78, 5) is 19.9. The van der Waals surface area contributed by atoms with Gasteiger partial charge >= 0.3 is 0 Å². The molecule has 0 saturated carbocycles. The molecule has 37 heavy (non-hydrogen) atoms. The molecule has 0 fully saturated rings. The zero-order valence-corrected chi connectivity index (χ0v) is 20.6. The van der Waals surface area contributed by atoms with E-state index in [1.807, 2.05) is 78.9 Å². The smallest absolute Gasteiger partial charge is 0.164 e. The lowest BCUT2D eigenvalue weighted by Crippen LogP contribution is -2.00. The maximum absolute atomic E-state index is 5.11. The van der Waals surface area contributed by atoms with Crippen LogP contribution in [0.4, 0.5) is 0 Å². The first kappa shape index (κ1) is 21.5. The summed E-state index contributed by atoms with van der Waals surface area (Å²) in [5.41, 5.74) is 4.94. The fraction of sp³-hybridized carbons (Fsp3) is 0. The lowest BCUT2D eigenvalue weighted by molar-refractivity contribution is 1.08. The molecule has 0 aliphatic heterocycles. The van der Waals surface area contributed by atoms with E-state index in [2.05, 4.69) is 42.5 Å². The van der Waals surface area contributed by atoms with Crippen molar-refractivity contribution in [3.05, 3.63) is 121 Å². The van der Waals surface area contributed by atoms with Gasteiger partial charge in [0.05, 0.1) is 10.2 Å². The highest BCUT2D eigenvalue weighted by molar-refractivity contribution is 7.21. The van der Waals surface area contributed by atoms with Crippen molar-refractivity contribution in [1.29, 1.82) is 0 Å². The van der Waals surface area contributed by atoms with Gasteiger partial charge in [-0.1, -0.05) is 115 Å². The van der Waals surface area contributed by atoms with E-state index < -0.39 is 0 Å². The summed E-state index contributed by atoms with van der Waals surface area (Å²) in [6, 6.07) is 41.0. The molecule has 7 rings (SSSR count). The Morgan fingerprint density at radius 2 is 1.00 bits per heavy atom. The van der Waals surface area contributed by atoms with Gasteiger partial charge in [-0.2, -0.15) is 0 Å². The molecule has 174 valence electrons. The Hall–Kier alpha value is -4.74. The second kappa shape index (κ2) is 9.04. The third kappa shape index (κ3) is 3.96. The monoisotopic (exact) mass is 492 g/mol. The molecule has 0 unspecified atom stereocenters. The van der Waals surface area contributed by atoms with Crippen molar-refractivity contribution < 1.29 is 0 Å². The highest BCUT2D eigenvalue weighted by atomic mass is 32.1. The number of rotatable bonds is 4. The van der Waals surface area contributed by atoms with Crippen LogP contribution in [-0.4, -0.2) is 19.9 Å². The van der Waals surface area contributed by atoms with E-state index in [0.717, 1.165) is 48.3 Å². The normalized spacial score (nSPS) is 11.2. The van der Waals surface area contributed by atoms with Crippen molar-refractivity contribution >= 4 is 32.3 Å². The summed E-state index contributed by atoms with van der Waals surface area (Å²) >= 11 is 1.70. The Morgan fingerprint density at radius 1 is 0.432 bits per heavy atom. The molecule has 2 aromatic heterocycles. The van der Waals surface area contributed by atoms with E-state index in [9.17, 15) is 0 Å². The topological polar surface area (TPSA) is 51.6 Å². The second-order valence-corrected chi connectivity index (χ2v) is 9.77. The van der Waals surface area contributed by atoms with Gasteiger partial charge in [0.2, 0.25) is 0 Å². The second-order valence-electron chi connectivity index (χ2n) is 8.74. The van der Waals surface area contributed by atoms with Crippen molar-refractivity contribution in [2.45, 2.75) is 0 Å². The number of fused-ring (bicyclic) bond motifs is 3. The summed E-state index contributed by atoms with van der Waals surface area (Å²) in [5, 5.41) is 3.17. The first-order chi connectivity index (χ1) is 18.3. The van der Waals surface area contributed by atoms with Crippen LogP contribution in [0.1, 0.15) is 0 Å². The number of hydrogen-bond donors (Lipinski definition) is 0. The third-order valence-electron chi connectivity index (χ3n) is 6.36. The van der Waals surface area contributed by atoms with Crippen LogP contribution in [0.15, 0.2) is 121 Å². The molecule has 2 heterocycles. The maximum atomic E-state index is 5.11. The SMILES string of the molecule is c1ccc(-c2nc(-c3ccccc3)nc(-c3cccc4ccc5sc(-c6ccccc6)nc5c34)n2)cc1. The van der Waals surface area contributed by atoms with Crippen LogP contribution >= 0.6 is 11.3 Å².